The minimum atomic E-state index is -0.597. The summed E-state index contributed by atoms with van der Waals surface area (Å²) in [7, 11) is 4.06. The van der Waals surface area contributed by atoms with Crippen molar-refractivity contribution in [3.8, 4) is 0 Å². The maximum absolute atomic E-state index is 9.84. The zero-order chi connectivity index (χ0) is 17.8. The molecule has 1 unspecified atom stereocenters. The summed E-state index contributed by atoms with van der Waals surface area (Å²) in [4.78, 5) is 2.08. The Bertz CT molecular complexity index is 707. The van der Waals surface area contributed by atoms with Gasteiger partial charge in [-0.3, -0.25) is 0 Å². The zero-order valence-corrected chi connectivity index (χ0v) is 14.7. The van der Waals surface area contributed by atoms with Crippen LogP contribution in [0.25, 0.3) is 12.2 Å². The van der Waals surface area contributed by atoms with Crippen molar-refractivity contribution in [2.45, 2.75) is 24.7 Å². The molecule has 0 spiro atoms. The van der Waals surface area contributed by atoms with Gasteiger partial charge in [-0.25, -0.2) is 0 Å². The minimum absolute atomic E-state index is 0.148. The molecule has 0 aliphatic carbocycles. The summed E-state index contributed by atoms with van der Waals surface area (Å²) >= 11 is 0. The first kappa shape index (κ1) is 17.7. The van der Waals surface area contributed by atoms with Gasteiger partial charge in [0.15, 0.2) is 0 Å². The second kappa shape index (κ2) is 7.83. The highest BCUT2D eigenvalue weighted by atomic mass is 16.5. The smallest absolute Gasteiger partial charge is 0.107 e. The van der Waals surface area contributed by atoms with Crippen molar-refractivity contribution in [3.63, 3.8) is 0 Å². The average molecular weight is 339 g/mol. The van der Waals surface area contributed by atoms with Crippen LogP contribution in [0.3, 0.4) is 0 Å². The molecular formula is C21H25NO3. The highest BCUT2D eigenvalue weighted by Crippen LogP contribution is 2.33. The Labute approximate surface area is 149 Å². The quantitative estimate of drug-likeness (QED) is 0.822. The Morgan fingerprint density at radius 1 is 1.00 bits per heavy atom. The number of aliphatic hydroxyl groups excluding tert-OH is 2. The van der Waals surface area contributed by atoms with E-state index in [-0.39, 0.29) is 12.7 Å². The average Bonchev–Trinajstić information content (AvgIpc) is 3.01. The van der Waals surface area contributed by atoms with Crippen LogP contribution in [0.5, 0.6) is 0 Å². The van der Waals surface area contributed by atoms with Crippen molar-refractivity contribution < 1.29 is 14.9 Å². The molecule has 4 heteroatoms. The highest BCUT2D eigenvalue weighted by molar-refractivity contribution is 5.70. The summed E-state index contributed by atoms with van der Waals surface area (Å²) in [5, 5.41) is 19.0. The Balaban J connectivity index is 1.64. The van der Waals surface area contributed by atoms with Crippen molar-refractivity contribution >= 4 is 17.8 Å². The molecule has 2 aromatic carbocycles. The highest BCUT2D eigenvalue weighted by Gasteiger charge is 2.33. The second-order valence-corrected chi connectivity index (χ2v) is 6.63. The Hall–Kier alpha value is -2.14. The molecule has 2 N–H and O–H groups in total. The van der Waals surface area contributed by atoms with Gasteiger partial charge in [0.25, 0.3) is 0 Å². The van der Waals surface area contributed by atoms with Crippen molar-refractivity contribution in [1.29, 1.82) is 0 Å². The minimum Gasteiger partial charge on any atom is -0.394 e. The van der Waals surface area contributed by atoms with E-state index in [1.54, 1.807) is 0 Å². The number of anilines is 1. The lowest BCUT2D eigenvalue weighted by atomic mass is 10.0. The van der Waals surface area contributed by atoms with E-state index in [1.165, 1.54) is 5.69 Å². The molecule has 0 amide bonds. The number of rotatable bonds is 5. The summed E-state index contributed by atoms with van der Waals surface area (Å²) in [6.07, 6.45) is 3.47. The summed E-state index contributed by atoms with van der Waals surface area (Å²) in [5.74, 6) is 0. The lowest BCUT2D eigenvalue weighted by molar-refractivity contribution is -0.0225. The van der Waals surface area contributed by atoms with E-state index < -0.39 is 12.2 Å². The van der Waals surface area contributed by atoms with E-state index in [0.717, 1.165) is 16.7 Å². The van der Waals surface area contributed by atoms with Crippen LogP contribution in [0.2, 0.25) is 0 Å². The molecule has 4 nitrogen and oxygen atoms in total. The topological polar surface area (TPSA) is 52.9 Å². The van der Waals surface area contributed by atoms with Crippen LogP contribution in [0.4, 0.5) is 5.69 Å². The molecule has 0 saturated carbocycles. The Morgan fingerprint density at radius 2 is 1.56 bits per heavy atom. The van der Waals surface area contributed by atoms with Gasteiger partial charge in [0.05, 0.1) is 18.8 Å². The number of benzene rings is 2. The fourth-order valence-electron chi connectivity index (χ4n) is 3.01. The first-order valence-corrected chi connectivity index (χ1v) is 8.56. The van der Waals surface area contributed by atoms with Crippen molar-refractivity contribution in [3.05, 3.63) is 65.2 Å². The van der Waals surface area contributed by atoms with E-state index >= 15 is 0 Å². The van der Waals surface area contributed by atoms with Crippen molar-refractivity contribution in [1.82, 2.24) is 0 Å². The molecular weight excluding hydrogens is 314 g/mol. The van der Waals surface area contributed by atoms with Crippen LogP contribution >= 0.6 is 0 Å². The molecule has 3 atom stereocenters. The van der Waals surface area contributed by atoms with Gasteiger partial charge >= 0.3 is 0 Å². The lowest BCUT2D eigenvalue weighted by Gasteiger charge is -2.12. The van der Waals surface area contributed by atoms with E-state index in [0.29, 0.717) is 6.42 Å². The number of hydrogen-bond acceptors (Lipinski definition) is 4. The van der Waals surface area contributed by atoms with Gasteiger partial charge in [0.1, 0.15) is 6.10 Å². The molecule has 3 rings (SSSR count). The maximum atomic E-state index is 9.84. The fraction of sp³-hybridized carbons (Fsp3) is 0.333. The van der Waals surface area contributed by atoms with E-state index in [2.05, 4.69) is 41.3 Å². The molecule has 1 aliphatic rings. The Kier molecular flexibility index (Phi) is 5.53. The molecule has 0 aromatic heterocycles. The molecule has 132 valence electrons. The molecule has 2 aromatic rings. The largest absolute Gasteiger partial charge is 0.394 e. The summed E-state index contributed by atoms with van der Waals surface area (Å²) in [6, 6.07) is 16.5. The third-order valence-electron chi connectivity index (χ3n) is 4.59. The number of hydrogen-bond donors (Lipinski definition) is 2. The molecule has 1 fully saturated rings. The monoisotopic (exact) mass is 339 g/mol. The molecule has 1 aliphatic heterocycles. The predicted molar refractivity (Wildman–Crippen MR) is 101 cm³/mol. The van der Waals surface area contributed by atoms with Gasteiger partial charge in [-0.1, -0.05) is 48.6 Å². The molecule has 1 saturated heterocycles. The van der Waals surface area contributed by atoms with Gasteiger partial charge in [-0.05, 0) is 28.8 Å². The van der Waals surface area contributed by atoms with E-state index in [1.807, 2.05) is 38.4 Å². The van der Waals surface area contributed by atoms with Gasteiger partial charge in [0.2, 0.25) is 0 Å². The van der Waals surface area contributed by atoms with Crippen LogP contribution in [-0.2, 0) is 4.74 Å². The molecule has 1 heterocycles. The number of ether oxygens (including phenoxy) is 1. The lowest BCUT2D eigenvalue weighted by Crippen LogP contribution is -2.24. The Morgan fingerprint density at radius 3 is 2.04 bits per heavy atom. The molecule has 25 heavy (non-hydrogen) atoms. The maximum Gasteiger partial charge on any atom is 0.107 e. The van der Waals surface area contributed by atoms with E-state index in [4.69, 9.17) is 4.74 Å². The van der Waals surface area contributed by atoms with Gasteiger partial charge in [0, 0.05) is 26.2 Å². The summed E-state index contributed by atoms with van der Waals surface area (Å²) in [5.41, 5.74) is 4.48. The summed E-state index contributed by atoms with van der Waals surface area (Å²) < 4.78 is 5.69. The van der Waals surface area contributed by atoms with Crippen LogP contribution < -0.4 is 4.90 Å². The molecule has 0 radical (unpaired) electrons. The van der Waals surface area contributed by atoms with Crippen LogP contribution in [0, 0.1) is 0 Å². The third-order valence-corrected chi connectivity index (χ3v) is 4.59. The normalized spacial score (nSPS) is 23.3. The van der Waals surface area contributed by atoms with Crippen LogP contribution in [0.1, 0.15) is 29.2 Å². The predicted octanol–water partition coefficient (Wildman–Crippen LogP) is 3.11. The first-order valence-electron chi connectivity index (χ1n) is 8.56. The van der Waals surface area contributed by atoms with Gasteiger partial charge < -0.3 is 19.8 Å². The number of aliphatic hydroxyl groups is 2. The number of nitrogens with zero attached hydrogens (tertiary/aromatic N) is 1. The van der Waals surface area contributed by atoms with Crippen LogP contribution in [-0.4, -0.2) is 43.1 Å². The van der Waals surface area contributed by atoms with Crippen LogP contribution in [0.15, 0.2) is 48.5 Å². The first-order chi connectivity index (χ1) is 12.1. The zero-order valence-electron chi connectivity index (χ0n) is 14.7. The molecule has 0 bridgehead atoms. The standard InChI is InChI=1S/C21H25NO3/c1-22(2)18-11-7-16(8-12-18)4-3-15-5-9-17(10-6-15)20-13-19(24)21(14-23)25-20/h3-12,19-21,23-24H,13-14H2,1-2H3/b4-3+/t19?,20-,21+/m0/s1. The van der Waals surface area contributed by atoms with Gasteiger partial charge in [-0.15, -0.1) is 0 Å². The van der Waals surface area contributed by atoms with Crippen molar-refractivity contribution in [2.24, 2.45) is 0 Å². The fourth-order valence-corrected chi connectivity index (χ4v) is 3.01. The summed E-state index contributed by atoms with van der Waals surface area (Å²) in [6.45, 7) is -0.148. The third kappa shape index (κ3) is 4.28. The van der Waals surface area contributed by atoms with Crippen molar-refractivity contribution in [2.75, 3.05) is 25.6 Å². The van der Waals surface area contributed by atoms with E-state index in [9.17, 15) is 10.2 Å². The second-order valence-electron chi connectivity index (χ2n) is 6.63. The SMILES string of the molecule is CN(C)c1ccc(/C=C/c2ccc([C@@H]3CC(O)[C@@H](CO)O3)cc2)cc1. The van der Waals surface area contributed by atoms with Gasteiger partial charge in [-0.2, -0.15) is 0 Å².